The molecule has 188 valence electrons. The van der Waals surface area contributed by atoms with E-state index < -0.39 is 5.97 Å². The molecule has 9 heteroatoms. The minimum Gasteiger partial charge on any atom is -0.460 e. The summed E-state index contributed by atoms with van der Waals surface area (Å²) in [5.41, 5.74) is 0. The predicted molar refractivity (Wildman–Crippen MR) is 135 cm³/mol. The fraction of sp³-hybridized carbons (Fsp3) is 0.826. The smallest absolute Gasteiger partial charge is 0.387 e. The molecule has 2 aliphatic heterocycles. The van der Waals surface area contributed by atoms with Gasteiger partial charge in [-0.3, -0.25) is 4.79 Å². The summed E-state index contributed by atoms with van der Waals surface area (Å²) in [4.78, 5) is 31.0. The molecule has 1 amide bonds. The Bertz CT molecular complexity index is 529. The van der Waals surface area contributed by atoms with E-state index in [4.69, 9.17) is 13.1 Å². The van der Waals surface area contributed by atoms with Gasteiger partial charge in [-0.25, -0.2) is 17.9 Å². The maximum absolute atomic E-state index is 10.9. The Balaban J connectivity index is -0.000000164. The molecule has 2 saturated heterocycles. The zero-order valence-corrected chi connectivity index (χ0v) is 21.0. The number of nitrogens with zero attached hydrogens (tertiary/aromatic N) is 4. The maximum Gasteiger partial charge on any atom is 0.387 e. The molecule has 0 atom stereocenters. The van der Waals surface area contributed by atoms with Crippen LogP contribution in [-0.2, 0) is 14.3 Å². The zero-order valence-electron chi connectivity index (χ0n) is 20.1. The van der Waals surface area contributed by atoms with Gasteiger partial charge < -0.3 is 29.5 Å². The quantitative estimate of drug-likeness (QED) is 0.470. The van der Waals surface area contributed by atoms with Gasteiger partial charge in [0.2, 0.25) is 0 Å². The molecular weight excluding hydrogens is 430 g/mol. The molecule has 0 bridgehead atoms. The van der Waals surface area contributed by atoms with Crippen molar-refractivity contribution < 1.29 is 14.3 Å². The van der Waals surface area contributed by atoms with E-state index in [0.717, 1.165) is 19.0 Å². The normalized spacial score (nSPS) is 13.7. The second-order valence-electron chi connectivity index (χ2n) is 7.22. The van der Waals surface area contributed by atoms with Gasteiger partial charge in [0.05, 0.1) is 6.61 Å². The Morgan fingerprint density at radius 3 is 1.62 bits per heavy atom. The second-order valence-corrected chi connectivity index (χ2v) is 7.22. The average molecular weight is 476 g/mol. The first-order valence-electron chi connectivity index (χ1n) is 10.8. The standard InChI is InChI=1S/C7H10N2O.C6H15N.C5H7NO2.C4H9N.CH4.ClH/c1-6-4-9(5-6)7(10)3-8-2;1-4-7(5-2)6-3;1-3-8-5(7)4-6-2;1-4-2-5-3-4;;/h6H,3-5H2,1H3;4-6H2,1-3H3;3-4H2,1H3;4-5H,2-3H2,1H3;1H4;1H. The lowest BCUT2D eigenvalue weighted by Crippen LogP contribution is -2.49. The predicted octanol–water partition coefficient (Wildman–Crippen LogP) is 3.48. The van der Waals surface area contributed by atoms with Gasteiger partial charge in [-0.1, -0.05) is 42.0 Å². The molecule has 2 heterocycles. The summed E-state index contributed by atoms with van der Waals surface area (Å²) < 4.78 is 4.43. The molecule has 0 saturated carbocycles. The fourth-order valence-corrected chi connectivity index (χ4v) is 2.45. The molecule has 32 heavy (non-hydrogen) atoms. The van der Waals surface area contributed by atoms with E-state index in [-0.39, 0.29) is 38.8 Å². The van der Waals surface area contributed by atoms with E-state index in [1.165, 1.54) is 32.7 Å². The summed E-state index contributed by atoms with van der Waals surface area (Å²) in [6.45, 7) is 33.2. The Kier molecular flexibility index (Phi) is 29.7. The number of hydrogen-bond donors (Lipinski definition) is 1. The van der Waals surface area contributed by atoms with Crippen LogP contribution in [0.25, 0.3) is 9.69 Å². The summed E-state index contributed by atoms with van der Waals surface area (Å²) in [5.74, 6) is 1.13. The van der Waals surface area contributed by atoms with Gasteiger partial charge in [-0.15, -0.1) is 12.4 Å². The molecule has 0 aromatic carbocycles. The molecule has 8 nitrogen and oxygen atoms in total. The number of rotatable bonds is 6. The number of hydrogen-bond acceptors (Lipinski definition) is 5. The van der Waals surface area contributed by atoms with Gasteiger partial charge in [0.1, 0.15) is 0 Å². The number of nitrogens with one attached hydrogen (secondary N) is 1. The van der Waals surface area contributed by atoms with Crippen molar-refractivity contribution in [3.05, 3.63) is 22.8 Å². The van der Waals surface area contributed by atoms with Crippen molar-refractivity contribution in [1.82, 2.24) is 15.1 Å². The Morgan fingerprint density at radius 1 is 0.969 bits per heavy atom. The molecular formula is C23H46ClN5O3. The summed E-state index contributed by atoms with van der Waals surface area (Å²) in [6, 6.07) is 0. The number of amides is 1. The molecule has 2 rings (SSSR count). The first kappa shape index (κ1) is 37.4. The third-order valence-corrected chi connectivity index (χ3v) is 4.47. The second kappa shape index (κ2) is 25.4. The monoisotopic (exact) mass is 475 g/mol. The van der Waals surface area contributed by atoms with Crippen molar-refractivity contribution in [1.29, 1.82) is 0 Å². The minimum atomic E-state index is -0.442. The minimum absolute atomic E-state index is 0. The van der Waals surface area contributed by atoms with Crippen molar-refractivity contribution in [2.75, 3.05) is 65.5 Å². The van der Waals surface area contributed by atoms with Gasteiger partial charge in [0.15, 0.2) is 0 Å². The highest BCUT2D eigenvalue weighted by atomic mass is 35.5. The lowest BCUT2D eigenvalue weighted by molar-refractivity contribution is -0.140. The lowest BCUT2D eigenvalue weighted by Gasteiger charge is -2.35. The Hall–Kier alpha value is -1.87. The number of ether oxygens (including phenoxy) is 1. The van der Waals surface area contributed by atoms with Gasteiger partial charge in [0, 0.05) is 13.1 Å². The van der Waals surface area contributed by atoms with Crippen LogP contribution in [0.3, 0.4) is 0 Å². The van der Waals surface area contributed by atoms with Crippen molar-refractivity contribution in [2.24, 2.45) is 11.8 Å². The van der Waals surface area contributed by atoms with E-state index in [1.807, 2.05) is 0 Å². The van der Waals surface area contributed by atoms with Crippen molar-refractivity contribution >= 4 is 24.3 Å². The number of likely N-dealkylation sites (tertiary alicyclic amines) is 1. The third kappa shape index (κ3) is 21.4. The molecule has 2 fully saturated rings. The first-order valence-corrected chi connectivity index (χ1v) is 10.8. The molecule has 0 aromatic rings. The molecule has 0 unspecified atom stereocenters. The summed E-state index contributed by atoms with van der Waals surface area (Å²) in [7, 11) is 0. The highest BCUT2D eigenvalue weighted by Crippen LogP contribution is 2.13. The summed E-state index contributed by atoms with van der Waals surface area (Å²) in [6.07, 6.45) is 0. The van der Waals surface area contributed by atoms with Crippen LogP contribution in [0.15, 0.2) is 0 Å². The summed E-state index contributed by atoms with van der Waals surface area (Å²) in [5, 5.41) is 3.16. The van der Waals surface area contributed by atoms with Crippen molar-refractivity contribution in [3.8, 4) is 0 Å². The molecule has 0 aliphatic carbocycles. The lowest BCUT2D eigenvalue weighted by atomic mass is 10.0. The van der Waals surface area contributed by atoms with Crippen LogP contribution in [0.5, 0.6) is 0 Å². The third-order valence-electron chi connectivity index (χ3n) is 4.47. The van der Waals surface area contributed by atoms with E-state index in [2.05, 4.69) is 59.3 Å². The summed E-state index contributed by atoms with van der Waals surface area (Å²) >= 11 is 0. The SMILES string of the molecule is C.CC1CNC1.CCN(CC)CC.Cl.[C-]#[N+]CC(=O)N1CC(C)C1.[C-]#[N+]CC(=O)OCC. The fourth-order valence-electron chi connectivity index (χ4n) is 2.45. The van der Waals surface area contributed by atoms with Crippen molar-refractivity contribution in [2.45, 2.75) is 49.0 Å². The van der Waals surface area contributed by atoms with Crippen LogP contribution in [0.2, 0.25) is 0 Å². The number of carbonyl (C=O) groups is 2. The average Bonchev–Trinajstić information content (AvgIpc) is 2.67. The van der Waals surface area contributed by atoms with E-state index >= 15 is 0 Å². The number of halogens is 1. The van der Waals surface area contributed by atoms with Gasteiger partial charge in [0.25, 0.3) is 6.54 Å². The van der Waals surface area contributed by atoms with Gasteiger partial charge in [-0.2, -0.15) is 0 Å². The van der Waals surface area contributed by atoms with Gasteiger partial charge >= 0.3 is 18.4 Å². The highest BCUT2D eigenvalue weighted by molar-refractivity contribution is 5.85. The largest absolute Gasteiger partial charge is 0.460 e. The van der Waals surface area contributed by atoms with Gasteiger partial charge in [-0.05, 0) is 51.5 Å². The molecule has 0 radical (unpaired) electrons. The van der Waals surface area contributed by atoms with Crippen LogP contribution in [0.1, 0.15) is 49.0 Å². The number of carbonyl (C=O) groups excluding carboxylic acids is 2. The van der Waals surface area contributed by atoms with Crippen LogP contribution < -0.4 is 5.32 Å². The first-order chi connectivity index (χ1) is 14.3. The van der Waals surface area contributed by atoms with Crippen LogP contribution in [-0.4, -0.2) is 87.2 Å². The Labute approximate surface area is 203 Å². The van der Waals surface area contributed by atoms with Crippen molar-refractivity contribution in [3.63, 3.8) is 0 Å². The van der Waals surface area contributed by atoms with Crippen LogP contribution >= 0.6 is 12.4 Å². The van der Waals surface area contributed by atoms with Crippen LogP contribution in [0.4, 0.5) is 0 Å². The van der Waals surface area contributed by atoms with E-state index in [1.54, 1.807) is 11.8 Å². The topological polar surface area (TPSA) is 70.6 Å². The van der Waals surface area contributed by atoms with E-state index in [0.29, 0.717) is 12.5 Å². The Morgan fingerprint density at radius 2 is 1.41 bits per heavy atom. The molecule has 0 spiro atoms. The molecule has 2 aliphatic rings. The zero-order chi connectivity index (χ0) is 23.4. The highest BCUT2D eigenvalue weighted by Gasteiger charge is 2.27. The maximum atomic E-state index is 10.9. The number of esters is 1. The molecule has 1 N–H and O–H groups in total. The van der Waals surface area contributed by atoms with Crippen LogP contribution in [0, 0.1) is 25.0 Å². The molecule has 0 aromatic heterocycles. The van der Waals surface area contributed by atoms with E-state index in [9.17, 15) is 9.59 Å².